The standard InChI is InChI=1S/C13H29N3O2S/c1-4-7-11-16(12-13-9-8-10-14-13)19(17,18)15(5-2)6-3/h13-14H,4-12H2,1-3H3. The van der Waals surface area contributed by atoms with E-state index in [9.17, 15) is 8.42 Å². The molecule has 1 rings (SSSR count). The van der Waals surface area contributed by atoms with Crippen molar-refractivity contribution >= 4 is 10.2 Å². The molecule has 0 aromatic carbocycles. The van der Waals surface area contributed by atoms with Crippen LogP contribution in [-0.2, 0) is 10.2 Å². The molecule has 0 bridgehead atoms. The highest BCUT2D eigenvalue weighted by Gasteiger charge is 2.30. The molecule has 0 aromatic rings. The lowest BCUT2D eigenvalue weighted by molar-refractivity contribution is 0.322. The Kier molecular flexibility index (Phi) is 7.28. The molecule has 0 aromatic heterocycles. The molecule has 19 heavy (non-hydrogen) atoms. The van der Waals surface area contributed by atoms with Gasteiger partial charge in [-0.15, -0.1) is 0 Å². The average Bonchev–Trinajstić information content (AvgIpc) is 2.88. The summed E-state index contributed by atoms with van der Waals surface area (Å²) in [6, 6.07) is 0.321. The van der Waals surface area contributed by atoms with Gasteiger partial charge in [0.05, 0.1) is 0 Å². The number of unbranched alkanes of at least 4 members (excludes halogenated alkanes) is 1. The van der Waals surface area contributed by atoms with Crippen LogP contribution in [0, 0.1) is 0 Å². The van der Waals surface area contributed by atoms with E-state index in [1.807, 2.05) is 13.8 Å². The van der Waals surface area contributed by atoms with Crippen LogP contribution in [0.2, 0.25) is 0 Å². The van der Waals surface area contributed by atoms with Crippen LogP contribution in [-0.4, -0.2) is 55.8 Å². The maximum absolute atomic E-state index is 12.6. The third-order valence-corrected chi connectivity index (χ3v) is 5.86. The molecule has 1 unspecified atom stereocenters. The zero-order chi connectivity index (χ0) is 14.3. The topological polar surface area (TPSA) is 52.7 Å². The molecular weight excluding hydrogens is 262 g/mol. The van der Waals surface area contributed by atoms with Crippen molar-refractivity contribution in [1.29, 1.82) is 0 Å². The molecule has 1 heterocycles. The molecule has 5 nitrogen and oxygen atoms in total. The lowest BCUT2D eigenvalue weighted by Crippen LogP contribution is -2.48. The smallest absolute Gasteiger partial charge is 0.282 e. The normalized spacial score (nSPS) is 20.6. The Morgan fingerprint density at radius 1 is 1.16 bits per heavy atom. The Morgan fingerprint density at radius 3 is 2.32 bits per heavy atom. The summed E-state index contributed by atoms with van der Waals surface area (Å²) in [5.41, 5.74) is 0. The van der Waals surface area contributed by atoms with Gasteiger partial charge in [-0.2, -0.15) is 17.0 Å². The summed E-state index contributed by atoms with van der Waals surface area (Å²) in [6.07, 6.45) is 4.17. The second-order valence-corrected chi connectivity index (χ2v) is 7.03. The van der Waals surface area contributed by atoms with Crippen LogP contribution in [0.25, 0.3) is 0 Å². The Labute approximate surface area is 118 Å². The first-order valence-electron chi connectivity index (χ1n) is 7.54. The van der Waals surface area contributed by atoms with Gasteiger partial charge in [-0.25, -0.2) is 0 Å². The van der Waals surface area contributed by atoms with Gasteiger partial charge in [-0.3, -0.25) is 0 Å². The Morgan fingerprint density at radius 2 is 1.84 bits per heavy atom. The Hall–Kier alpha value is -0.170. The second-order valence-electron chi connectivity index (χ2n) is 5.10. The molecule has 1 saturated heterocycles. The molecule has 1 fully saturated rings. The Balaban J connectivity index is 2.75. The van der Waals surface area contributed by atoms with Crippen molar-refractivity contribution in [3.8, 4) is 0 Å². The number of rotatable bonds is 9. The minimum absolute atomic E-state index is 0.321. The predicted octanol–water partition coefficient (Wildman–Crippen LogP) is 1.43. The van der Waals surface area contributed by atoms with Crippen LogP contribution in [0.3, 0.4) is 0 Å². The highest BCUT2D eigenvalue weighted by Crippen LogP contribution is 2.14. The summed E-state index contributed by atoms with van der Waals surface area (Å²) in [7, 11) is -3.30. The molecule has 0 aliphatic carbocycles. The van der Waals surface area contributed by atoms with Gasteiger partial charge in [0.2, 0.25) is 0 Å². The van der Waals surface area contributed by atoms with Crippen LogP contribution in [0.1, 0.15) is 46.5 Å². The number of nitrogens with one attached hydrogen (secondary N) is 1. The first-order chi connectivity index (χ1) is 9.06. The summed E-state index contributed by atoms with van der Waals surface area (Å²) >= 11 is 0. The van der Waals surface area contributed by atoms with Crippen molar-refractivity contribution in [1.82, 2.24) is 13.9 Å². The van der Waals surface area contributed by atoms with E-state index in [0.29, 0.717) is 32.2 Å². The van der Waals surface area contributed by atoms with E-state index in [4.69, 9.17) is 0 Å². The summed E-state index contributed by atoms with van der Waals surface area (Å²) in [6.45, 7) is 9.22. The van der Waals surface area contributed by atoms with E-state index < -0.39 is 10.2 Å². The molecule has 1 aliphatic rings. The SMILES string of the molecule is CCCCN(CC1CCCN1)S(=O)(=O)N(CC)CC. The second kappa shape index (κ2) is 8.19. The average molecular weight is 291 g/mol. The van der Waals surface area contributed by atoms with E-state index >= 15 is 0 Å². The minimum Gasteiger partial charge on any atom is -0.313 e. The molecule has 1 aliphatic heterocycles. The van der Waals surface area contributed by atoms with Gasteiger partial charge in [0.1, 0.15) is 0 Å². The summed E-state index contributed by atoms with van der Waals surface area (Å²) < 4.78 is 28.4. The van der Waals surface area contributed by atoms with E-state index in [-0.39, 0.29) is 0 Å². The quantitative estimate of drug-likeness (QED) is 0.699. The van der Waals surface area contributed by atoms with Crippen molar-refractivity contribution in [3.63, 3.8) is 0 Å². The zero-order valence-electron chi connectivity index (χ0n) is 12.6. The van der Waals surface area contributed by atoms with Crippen LogP contribution in [0.15, 0.2) is 0 Å². The Bertz CT molecular complexity index is 336. The minimum atomic E-state index is -3.30. The summed E-state index contributed by atoms with van der Waals surface area (Å²) in [4.78, 5) is 0. The highest BCUT2D eigenvalue weighted by molar-refractivity contribution is 7.86. The highest BCUT2D eigenvalue weighted by atomic mass is 32.2. The van der Waals surface area contributed by atoms with Gasteiger partial charge >= 0.3 is 0 Å². The largest absolute Gasteiger partial charge is 0.313 e. The molecule has 0 spiro atoms. The monoisotopic (exact) mass is 291 g/mol. The van der Waals surface area contributed by atoms with E-state index in [1.165, 1.54) is 0 Å². The van der Waals surface area contributed by atoms with Crippen LogP contribution >= 0.6 is 0 Å². The van der Waals surface area contributed by atoms with Crippen molar-refractivity contribution in [2.75, 3.05) is 32.7 Å². The lowest BCUT2D eigenvalue weighted by Gasteiger charge is -2.30. The zero-order valence-corrected chi connectivity index (χ0v) is 13.4. The third kappa shape index (κ3) is 4.70. The van der Waals surface area contributed by atoms with Crippen molar-refractivity contribution in [2.45, 2.75) is 52.5 Å². The first kappa shape index (κ1) is 16.9. The fourth-order valence-corrected chi connectivity index (χ4v) is 4.21. The van der Waals surface area contributed by atoms with Crippen LogP contribution in [0.4, 0.5) is 0 Å². The van der Waals surface area contributed by atoms with E-state index in [0.717, 1.165) is 32.2 Å². The predicted molar refractivity (Wildman–Crippen MR) is 79.3 cm³/mol. The van der Waals surface area contributed by atoms with Crippen molar-refractivity contribution in [3.05, 3.63) is 0 Å². The van der Waals surface area contributed by atoms with Crippen molar-refractivity contribution < 1.29 is 8.42 Å². The van der Waals surface area contributed by atoms with Crippen LogP contribution < -0.4 is 5.32 Å². The number of hydrogen-bond acceptors (Lipinski definition) is 3. The fourth-order valence-electron chi connectivity index (χ4n) is 2.51. The molecule has 114 valence electrons. The lowest BCUT2D eigenvalue weighted by atomic mass is 10.2. The number of nitrogens with zero attached hydrogens (tertiary/aromatic N) is 2. The first-order valence-corrected chi connectivity index (χ1v) is 8.94. The molecule has 6 heteroatoms. The van der Waals surface area contributed by atoms with Gasteiger partial charge in [-0.1, -0.05) is 27.2 Å². The molecule has 0 amide bonds. The molecule has 1 N–H and O–H groups in total. The summed E-state index contributed by atoms with van der Waals surface area (Å²) in [5.74, 6) is 0. The van der Waals surface area contributed by atoms with E-state index in [1.54, 1.807) is 8.61 Å². The van der Waals surface area contributed by atoms with Gasteiger partial charge in [0, 0.05) is 32.2 Å². The molecule has 0 radical (unpaired) electrons. The fraction of sp³-hybridized carbons (Fsp3) is 1.00. The summed E-state index contributed by atoms with van der Waals surface area (Å²) in [5, 5.41) is 3.39. The maximum Gasteiger partial charge on any atom is 0.282 e. The molecule has 0 saturated carbocycles. The van der Waals surface area contributed by atoms with Gasteiger partial charge < -0.3 is 5.32 Å². The van der Waals surface area contributed by atoms with Crippen molar-refractivity contribution in [2.24, 2.45) is 0 Å². The number of hydrogen-bond donors (Lipinski definition) is 1. The maximum atomic E-state index is 12.6. The molecule has 1 atom stereocenters. The van der Waals surface area contributed by atoms with E-state index in [2.05, 4.69) is 12.2 Å². The third-order valence-electron chi connectivity index (χ3n) is 3.71. The van der Waals surface area contributed by atoms with Crippen LogP contribution in [0.5, 0.6) is 0 Å². The van der Waals surface area contributed by atoms with Gasteiger partial charge in [0.15, 0.2) is 0 Å². The van der Waals surface area contributed by atoms with Gasteiger partial charge in [0.25, 0.3) is 10.2 Å². The van der Waals surface area contributed by atoms with Gasteiger partial charge in [-0.05, 0) is 25.8 Å². The molecular formula is C13H29N3O2S.